The number of benzene rings is 1. The summed E-state index contributed by atoms with van der Waals surface area (Å²) in [5.41, 5.74) is 8.21. The molecule has 1 saturated heterocycles. The van der Waals surface area contributed by atoms with Gasteiger partial charge in [-0.1, -0.05) is 0 Å². The fourth-order valence-corrected chi connectivity index (χ4v) is 2.22. The van der Waals surface area contributed by atoms with E-state index in [-0.39, 0.29) is 5.91 Å². The second kappa shape index (κ2) is 5.08. The molecule has 0 saturated carbocycles. The molecule has 1 fully saturated rings. The SMILES string of the molecule is CCNC(=O)c1ccc(N)cc1N1CCCC1. The lowest BCUT2D eigenvalue weighted by atomic mass is 10.1. The fraction of sp³-hybridized carbons (Fsp3) is 0.462. The van der Waals surface area contributed by atoms with Crippen LogP contribution in [0.3, 0.4) is 0 Å². The minimum absolute atomic E-state index is 0.0191. The molecule has 0 spiro atoms. The van der Waals surface area contributed by atoms with Crippen LogP contribution >= 0.6 is 0 Å². The van der Waals surface area contributed by atoms with Crippen molar-refractivity contribution in [2.75, 3.05) is 30.3 Å². The molecule has 17 heavy (non-hydrogen) atoms. The van der Waals surface area contributed by atoms with Crippen LogP contribution in [0.15, 0.2) is 18.2 Å². The number of hydrogen-bond acceptors (Lipinski definition) is 3. The maximum atomic E-state index is 12.0. The Balaban J connectivity index is 2.33. The van der Waals surface area contributed by atoms with Crippen molar-refractivity contribution < 1.29 is 4.79 Å². The van der Waals surface area contributed by atoms with Gasteiger partial charge in [0.15, 0.2) is 0 Å². The molecule has 3 N–H and O–H groups in total. The Bertz CT molecular complexity index is 411. The topological polar surface area (TPSA) is 58.4 Å². The summed E-state index contributed by atoms with van der Waals surface area (Å²) in [7, 11) is 0. The first-order valence-corrected chi connectivity index (χ1v) is 6.15. The van der Waals surface area contributed by atoms with E-state index in [4.69, 9.17) is 5.73 Å². The summed E-state index contributed by atoms with van der Waals surface area (Å²) in [6.07, 6.45) is 2.37. The molecule has 1 aliphatic heterocycles. The zero-order valence-corrected chi connectivity index (χ0v) is 10.2. The molecule has 4 heteroatoms. The van der Waals surface area contributed by atoms with Crippen LogP contribution in [-0.4, -0.2) is 25.5 Å². The van der Waals surface area contributed by atoms with E-state index in [1.807, 2.05) is 19.1 Å². The molecule has 2 rings (SSSR count). The van der Waals surface area contributed by atoms with Gasteiger partial charge < -0.3 is 16.0 Å². The van der Waals surface area contributed by atoms with Gasteiger partial charge in [0.05, 0.1) is 11.3 Å². The van der Waals surface area contributed by atoms with Crippen LogP contribution in [0.5, 0.6) is 0 Å². The van der Waals surface area contributed by atoms with E-state index in [1.54, 1.807) is 6.07 Å². The Morgan fingerprint density at radius 2 is 2.12 bits per heavy atom. The van der Waals surface area contributed by atoms with Gasteiger partial charge in [0, 0.05) is 25.3 Å². The van der Waals surface area contributed by atoms with Crippen molar-refractivity contribution in [3.8, 4) is 0 Å². The van der Waals surface area contributed by atoms with Gasteiger partial charge in [-0.25, -0.2) is 0 Å². The van der Waals surface area contributed by atoms with Crippen molar-refractivity contribution in [2.24, 2.45) is 0 Å². The van der Waals surface area contributed by atoms with Gasteiger partial charge in [-0.3, -0.25) is 4.79 Å². The molecule has 0 radical (unpaired) electrons. The minimum atomic E-state index is -0.0191. The van der Waals surface area contributed by atoms with Gasteiger partial charge >= 0.3 is 0 Å². The molecule has 0 aromatic heterocycles. The largest absolute Gasteiger partial charge is 0.399 e. The van der Waals surface area contributed by atoms with Crippen molar-refractivity contribution in [3.63, 3.8) is 0 Å². The van der Waals surface area contributed by atoms with Crippen LogP contribution < -0.4 is 16.0 Å². The Morgan fingerprint density at radius 1 is 1.41 bits per heavy atom. The number of rotatable bonds is 3. The summed E-state index contributed by atoms with van der Waals surface area (Å²) in [5.74, 6) is -0.0191. The van der Waals surface area contributed by atoms with E-state index in [2.05, 4.69) is 10.2 Å². The van der Waals surface area contributed by atoms with E-state index < -0.39 is 0 Å². The number of carbonyl (C=O) groups is 1. The molecule has 0 aliphatic carbocycles. The third kappa shape index (κ3) is 2.52. The first kappa shape index (κ1) is 11.8. The zero-order valence-electron chi connectivity index (χ0n) is 10.2. The fourth-order valence-electron chi connectivity index (χ4n) is 2.22. The molecule has 1 amide bonds. The lowest BCUT2D eigenvalue weighted by Crippen LogP contribution is -2.27. The third-order valence-corrected chi connectivity index (χ3v) is 3.05. The number of amides is 1. The van der Waals surface area contributed by atoms with Gasteiger partial charge in [0.2, 0.25) is 0 Å². The molecule has 92 valence electrons. The molecule has 0 unspecified atom stereocenters. The standard InChI is InChI=1S/C13H19N3O/c1-2-15-13(17)11-6-5-10(14)9-12(11)16-7-3-4-8-16/h5-6,9H,2-4,7-8,14H2,1H3,(H,15,17). The molecule has 0 bridgehead atoms. The van der Waals surface area contributed by atoms with Gasteiger partial charge in [-0.2, -0.15) is 0 Å². The molecular formula is C13H19N3O. The summed E-state index contributed by atoms with van der Waals surface area (Å²) in [5, 5.41) is 2.84. The van der Waals surface area contributed by atoms with Gasteiger partial charge in [0.25, 0.3) is 5.91 Å². The molecular weight excluding hydrogens is 214 g/mol. The number of anilines is 2. The van der Waals surface area contributed by atoms with Crippen molar-refractivity contribution >= 4 is 17.3 Å². The Labute approximate surface area is 102 Å². The van der Waals surface area contributed by atoms with Gasteiger partial charge in [-0.05, 0) is 38.0 Å². The summed E-state index contributed by atoms with van der Waals surface area (Å²) >= 11 is 0. The molecule has 0 atom stereocenters. The van der Waals surface area contributed by atoms with Crippen LogP contribution in [0, 0.1) is 0 Å². The van der Waals surface area contributed by atoms with E-state index >= 15 is 0 Å². The van der Waals surface area contributed by atoms with Gasteiger partial charge in [0.1, 0.15) is 0 Å². The van der Waals surface area contributed by atoms with E-state index in [0.29, 0.717) is 12.2 Å². The van der Waals surface area contributed by atoms with Crippen LogP contribution in [-0.2, 0) is 0 Å². The number of hydrogen-bond donors (Lipinski definition) is 2. The van der Waals surface area contributed by atoms with Crippen molar-refractivity contribution in [2.45, 2.75) is 19.8 Å². The van der Waals surface area contributed by atoms with Crippen LogP contribution in [0.1, 0.15) is 30.1 Å². The normalized spacial score (nSPS) is 15.0. The van der Waals surface area contributed by atoms with E-state index in [1.165, 1.54) is 12.8 Å². The zero-order chi connectivity index (χ0) is 12.3. The highest BCUT2D eigenvalue weighted by Gasteiger charge is 2.19. The lowest BCUT2D eigenvalue weighted by Gasteiger charge is -2.21. The molecule has 1 heterocycles. The highest BCUT2D eigenvalue weighted by Crippen LogP contribution is 2.26. The van der Waals surface area contributed by atoms with Crippen molar-refractivity contribution in [3.05, 3.63) is 23.8 Å². The number of nitrogen functional groups attached to an aromatic ring is 1. The lowest BCUT2D eigenvalue weighted by molar-refractivity contribution is 0.0956. The van der Waals surface area contributed by atoms with Crippen LogP contribution in [0.2, 0.25) is 0 Å². The molecule has 1 aromatic carbocycles. The predicted molar refractivity (Wildman–Crippen MR) is 70.3 cm³/mol. The smallest absolute Gasteiger partial charge is 0.253 e. The predicted octanol–water partition coefficient (Wildman–Crippen LogP) is 1.62. The van der Waals surface area contributed by atoms with Gasteiger partial charge in [-0.15, -0.1) is 0 Å². The van der Waals surface area contributed by atoms with E-state index in [9.17, 15) is 4.79 Å². The number of nitrogens with zero attached hydrogens (tertiary/aromatic N) is 1. The highest BCUT2D eigenvalue weighted by atomic mass is 16.1. The first-order valence-electron chi connectivity index (χ1n) is 6.15. The summed E-state index contributed by atoms with van der Waals surface area (Å²) in [6.45, 7) is 4.58. The Kier molecular flexibility index (Phi) is 3.52. The second-order valence-corrected chi connectivity index (χ2v) is 4.33. The Hall–Kier alpha value is -1.71. The highest BCUT2D eigenvalue weighted by molar-refractivity contribution is 6.00. The summed E-state index contributed by atoms with van der Waals surface area (Å²) < 4.78 is 0. The van der Waals surface area contributed by atoms with Crippen molar-refractivity contribution in [1.29, 1.82) is 0 Å². The van der Waals surface area contributed by atoms with Crippen LogP contribution in [0.25, 0.3) is 0 Å². The minimum Gasteiger partial charge on any atom is -0.399 e. The summed E-state index contributed by atoms with van der Waals surface area (Å²) in [4.78, 5) is 14.2. The molecule has 4 nitrogen and oxygen atoms in total. The average molecular weight is 233 g/mol. The number of carbonyl (C=O) groups excluding carboxylic acids is 1. The molecule has 1 aromatic rings. The first-order chi connectivity index (χ1) is 8.22. The van der Waals surface area contributed by atoms with Crippen molar-refractivity contribution in [1.82, 2.24) is 5.32 Å². The average Bonchev–Trinajstić information content (AvgIpc) is 2.82. The maximum Gasteiger partial charge on any atom is 0.253 e. The number of nitrogens with one attached hydrogen (secondary N) is 1. The quantitative estimate of drug-likeness (QED) is 0.780. The second-order valence-electron chi connectivity index (χ2n) is 4.33. The maximum absolute atomic E-state index is 12.0. The molecule has 1 aliphatic rings. The monoisotopic (exact) mass is 233 g/mol. The summed E-state index contributed by atoms with van der Waals surface area (Å²) in [6, 6.07) is 5.49. The van der Waals surface area contributed by atoms with E-state index in [0.717, 1.165) is 24.3 Å². The third-order valence-electron chi connectivity index (χ3n) is 3.05. The van der Waals surface area contributed by atoms with Crippen LogP contribution in [0.4, 0.5) is 11.4 Å². The number of nitrogens with two attached hydrogens (primary N) is 1. The Morgan fingerprint density at radius 3 is 2.76 bits per heavy atom.